The van der Waals surface area contributed by atoms with Crippen LogP contribution in [-0.4, -0.2) is 19.1 Å². The summed E-state index contributed by atoms with van der Waals surface area (Å²) in [5, 5.41) is 6.11. The molecule has 0 saturated carbocycles. The number of amides is 1. The van der Waals surface area contributed by atoms with Crippen LogP contribution in [0.1, 0.15) is 6.92 Å². The Morgan fingerprint density at radius 1 is 1.23 bits per heavy atom. The molecule has 0 saturated heterocycles. The van der Waals surface area contributed by atoms with Gasteiger partial charge in [-0.15, -0.1) is 0 Å². The van der Waals surface area contributed by atoms with Gasteiger partial charge in [0.05, 0.1) is 12.1 Å². The SMILES string of the molecule is COc1ccc(NC(C)C(=O)Nc2cccc(F)c2)cc1Cl. The molecule has 2 rings (SSSR count). The molecule has 0 fully saturated rings. The summed E-state index contributed by atoms with van der Waals surface area (Å²) in [6.07, 6.45) is 0. The molecule has 1 unspecified atom stereocenters. The van der Waals surface area contributed by atoms with Crippen LogP contribution in [0.2, 0.25) is 5.02 Å². The van der Waals surface area contributed by atoms with Crippen LogP contribution < -0.4 is 15.4 Å². The second kappa shape index (κ2) is 7.13. The molecule has 6 heteroatoms. The Kier molecular flexibility index (Phi) is 5.22. The molecule has 0 spiro atoms. The number of hydrogen-bond acceptors (Lipinski definition) is 3. The van der Waals surface area contributed by atoms with E-state index in [0.29, 0.717) is 22.1 Å². The van der Waals surface area contributed by atoms with Crippen LogP contribution >= 0.6 is 11.6 Å². The number of rotatable bonds is 5. The summed E-state index contributed by atoms with van der Waals surface area (Å²) in [4.78, 5) is 12.1. The van der Waals surface area contributed by atoms with Gasteiger partial charge < -0.3 is 15.4 Å². The van der Waals surface area contributed by atoms with E-state index in [0.717, 1.165) is 0 Å². The molecule has 116 valence electrons. The Bertz CT molecular complexity index is 679. The fraction of sp³-hybridized carbons (Fsp3) is 0.188. The van der Waals surface area contributed by atoms with Crippen molar-refractivity contribution >= 4 is 28.9 Å². The number of carbonyl (C=O) groups is 1. The third kappa shape index (κ3) is 4.11. The number of ether oxygens (including phenoxy) is 1. The standard InChI is InChI=1S/C16H16ClFN2O2/c1-10(16(21)20-12-5-3-4-11(18)8-12)19-13-6-7-15(22-2)14(17)9-13/h3-10,19H,1-2H3,(H,20,21). The van der Waals surface area contributed by atoms with Crippen molar-refractivity contribution < 1.29 is 13.9 Å². The van der Waals surface area contributed by atoms with Gasteiger partial charge in [0.2, 0.25) is 5.91 Å². The number of methoxy groups -OCH3 is 1. The lowest BCUT2D eigenvalue weighted by Gasteiger charge is -2.16. The highest BCUT2D eigenvalue weighted by Crippen LogP contribution is 2.27. The molecule has 0 heterocycles. The molecule has 0 bridgehead atoms. The van der Waals surface area contributed by atoms with Crippen molar-refractivity contribution in [1.29, 1.82) is 0 Å². The highest BCUT2D eigenvalue weighted by Gasteiger charge is 2.13. The zero-order chi connectivity index (χ0) is 16.1. The fourth-order valence-electron chi connectivity index (χ4n) is 1.89. The van der Waals surface area contributed by atoms with Crippen molar-refractivity contribution in [1.82, 2.24) is 0 Å². The van der Waals surface area contributed by atoms with Gasteiger partial charge in [-0.2, -0.15) is 0 Å². The highest BCUT2D eigenvalue weighted by molar-refractivity contribution is 6.32. The summed E-state index contributed by atoms with van der Waals surface area (Å²) >= 11 is 6.03. The topological polar surface area (TPSA) is 50.4 Å². The lowest BCUT2D eigenvalue weighted by atomic mass is 10.2. The van der Waals surface area contributed by atoms with Gasteiger partial charge in [0.1, 0.15) is 17.6 Å². The zero-order valence-corrected chi connectivity index (χ0v) is 12.9. The Balaban J connectivity index is 2.00. The van der Waals surface area contributed by atoms with Crippen LogP contribution in [0.25, 0.3) is 0 Å². The number of nitrogens with one attached hydrogen (secondary N) is 2. The van der Waals surface area contributed by atoms with Gasteiger partial charge in [0.25, 0.3) is 0 Å². The molecule has 0 aliphatic carbocycles. The summed E-state index contributed by atoms with van der Waals surface area (Å²) < 4.78 is 18.2. The molecule has 0 aliphatic rings. The molecule has 0 radical (unpaired) electrons. The van der Waals surface area contributed by atoms with Crippen molar-refractivity contribution in [2.24, 2.45) is 0 Å². The first kappa shape index (κ1) is 16.1. The van der Waals surface area contributed by atoms with E-state index in [1.54, 1.807) is 31.2 Å². The number of halogens is 2. The van der Waals surface area contributed by atoms with Gasteiger partial charge in [-0.05, 0) is 43.3 Å². The summed E-state index contributed by atoms with van der Waals surface area (Å²) in [6, 6.07) is 10.4. The smallest absolute Gasteiger partial charge is 0.246 e. The summed E-state index contributed by atoms with van der Waals surface area (Å²) in [5.74, 6) is -0.123. The predicted octanol–water partition coefficient (Wildman–Crippen LogP) is 3.93. The van der Waals surface area contributed by atoms with E-state index < -0.39 is 11.9 Å². The number of carbonyl (C=O) groups excluding carboxylic acids is 1. The molecular formula is C16H16ClFN2O2. The number of benzene rings is 2. The van der Waals surface area contributed by atoms with Crippen molar-refractivity contribution in [3.63, 3.8) is 0 Å². The van der Waals surface area contributed by atoms with Gasteiger partial charge >= 0.3 is 0 Å². The summed E-state index contributed by atoms with van der Waals surface area (Å²) in [6.45, 7) is 1.70. The average Bonchev–Trinajstić information content (AvgIpc) is 2.47. The maximum Gasteiger partial charge on any atom is 0.246 e. The Hall–Kier alpha value is -2.27. The second-order valence-electron chi connectivity index (χ2n) is 4.71. The van der Waals surface area contributed by atoms with Crippen molar-refractivity contribution in [2.45, 2.75) is 13.0 Å². The second-order valence-corrected chi connectivity index (χ2v) is 5.12. The lowest BCUT2D eigenvalue weighted by molar-refractivity contribution is -0.116. The van der Waals surface area contributed by atoms with Gasteiger partial charge in [0.15, 0.2) is 0 Å². The van der Waals surface area contributed by atoms with Gasteiger partial charge in [-0.3, -0.25) is 4.79 Å². The zero-order valence-electron chi connectivity index (χ0n) is 12.2. The van der Waals surface area contributed by atoms with Crippen molar-refractivity contribution in [2.75, 3.05) is 17.7 Å². The molecule has 0 aromatic heterocycles. The first-order valence-electron chi connectivity index (χ1n) is 6.66. The Morgan fingerprint density at radius 2 is 2.00 bits per heavy atom. The quantitative estimate of drug-likeness (QED) is 0.877. The molecule has 1 amide bonds. The molecule has 22 heavy (non-hydrogen) atoms. The van der Waals surface area contributed by atoms with E-state index in [-0.39, 0.29) is 5.91 Å². The molecular weight excluding hydrogens is 307 g/mol. The van der Waals surface area contributed by atoms with E-state index >= 15 is 0 Å². The fourth-order valence-corrected chi connectivity index (χ4v) is 2.15. The number of anilines is 2. The van der Waals surface area contributed by atoms with Crippen LogP contribution in [0.4, 0.5) is 15.8 Å². The predicted molar refractivity (Wildman–Crippen MR) is 86.1 cm³/mol. The Labute approximate surface area is 133 Å². The third-order valence-electron chi connectivity index (χ3n) is 3.02. The normalized spacial score (nSPS) is 11.6. The molecule has 2 aromatic rings. The van der Waals surface area contributed by atoms with Gasteiger partial charge in [-0.25, -0.2) is 4.39 Å². The highest BCUT2D eigenvalue weighted by atomic mass is 35.5. The number of hydrogen-bond donors (Lipinski definition) is 2. The van der Waals surface area contributed by atoms with Gasteiger partial charge in [-0.1, -0.05) is 17.7 Å². The summed E-state index contributed by atoms with van der Waals surface area (Å²) in [5.41, 5.74) is 1.10. The van der Waals surface area contributed by atoms with Crippen molar-refractivity contribution in [3.05, 3.63) is 53.3 Å². The molecule has 4 nitrogen and oxygen atoms in total. The molecule has 2 aromatic carbocycles. The van der Waals surface area contributed by atoms with E-state index in [4.69, 9.17) is 16.3 Å². The van der Waals surface area contributed by atoms with E-state index in [1.165, 1.54) is 25.3 Å². The lowest BCUT2D eigenvalue weighted by Crippen LogP contribution is -2.31. The molecule has 1 atom stereocenters. The van der Waals surface area contributed by atoms with E-state index in [2.05, 4.69) is 10.6 Å². The van der Waals surface area contributed by atoms with E-state index in [1.807, 2.05) is 0 Å². The summed E-state index contributed by atoms with van der Waals surface area (Å²) in [7, 11) is 1.53. The van der Waals surface area contributed by atoms with E-state index in [9.17, 15) is 9.18 Å². The van der Waals surface area contributed by atoms with Crippen LogP contribution in [0.5, 0.6) is 5.75 Å². The molecule has 0 aliphatic heterocycles. The third-order valence-corrected chi connectivity index (χ3v) is 3.32. The largest absolute Gasteiger partial charge is 0.495 e. The van der Waals surface area contributed by atoms with Gasteiger partial charge in [0, 0.05) is 11.4 Å². The first-order valence-corrected chi connectivity index (χ1v) is 7.04. The minimum atomic E-state index is -0.521. The monoisotopic (exact) mass is 322 g/mol. The maximum atomic E-state index is 13.1. The first-order chi connectivity index (χ1) is 10.5. The minimum Gasteiger partial charge on any atom is -0.495 e. The maximum absolute atomic E-state index is 13.1. The van der Waals surface area contributed by atoms with Crippen LogP contribution in [0, 0.1) is 5.82 Å². The van der Waals surface area contributed by atoms with Crippen LogP contribution in [-0.2, 0) is 4.79 Å². The van der Waals surface area contributed by atoms with Crippen molar-refractivity contribution in [3.8, 4) is 5.75 Å². The minimum absolute atomic E-state index is 0.280. The molecule has 2 N–H and O–H groups in total. The Morgan fingerprint density at radius 3 is 2.64 bits per heavy atom. The average molecular weight is 323 g/mol. The van der Waals surface area contributed by atoms with Crippen LogP contribution in [0.15, 0.2) is 42.5 Å². The van der Waals surface area contributed by atoms with Crippen LogP contribution in [0.3, 0.4) is 0 Å².